The van der Waals surface area contributed by atoms with Crippen LogP contribution in [0, 0.1) is 29.1 Å². The number of likely N-dealkylation sites (tertiary alicyclic amines) is 1. The summed E-state index contributed by atoms with van der Waals surface area (Å²) in [6.45, 7) is 0.834. The Morgan fingerprint density at radius 1 is 1.14 bits per heavy atom. The molecule has 0 aromatic heterocycles. The largest absolute Gasteiger partial charge is 0.416 e. The second-order valence-electron chi connectivity index (χ2n) is 9.90. The van der Waals surface area contributed by atoms with Crippen molar-refractivity contribution in [2.45, 2.75) is 44.1 Å². The monoisotopic (exact) mass is 525 g/mol. The van der Waals surface area contributed by atoms with Crippen molar-refractivity contribution in [1.82, 2.24) is 18.8 Å². The van der Waals surface area contributed by atoms with E-state index in [0.29, 0.717) is 31.4 Å². The number of hydrogen-bond donors (Lipinski definition) is 1. The van der Waals surface area contributed by atoms with Gasteiger partial charge in [-0.1, -0.05) is 12.1 Å². The lowest BCUT2D eigenvalue weighted by molar-refractivity contribution is -0.141. The lowest BCUT2D eigenvalue weighted by Gasteiger charge is -2.37. The molecule has 1 saturated carbocycles. The molecule has 13 heteroatoms. The minimum absolute atomic E-state index is 0.0369. The van der Waals surface area contributed by atoms with Crippen molar-refractivity contribution < 1.29 is 31.2 Å². The second kappa shape index (κ2) is 9.00. The number of carbonyl (C=O) groups is 2. The van der Waals surface area contributed by atoms with Gasteiger partial charge < -0.3 is 10.2 Å². The van der Waals surface area contributed by atoms with Crippen LogP contribution in [0.3, 0.4) is 0 Å². The Morgan fingerprint density at radius 2 is 1.83 bits per heavy atom. The number of hydrogen-bond acceptors (Lipinski definition) is 5. The van der Waals surface area contributed by atoms with Gasteiger partial charge in [-0.05, 0) is 42.9 Å². The Balaban J connectivity index is 1.19. The fraction of sp³-hybridized carbons (Fsp3) is 0.609. The molecule has 4 atom stereocenters. The number of nitriles is 1. The van der Waals surface area contributed by atoms with E-state index in [4.69, 9.17) is 5.26 Å². The van der Waals surface area contributed by atoms with E-state index in [-0.39, 0.29) is 55.9 Å². The van der Waals surface area contributed by atoms with E-state index in [1.54, 1.807) is 0 Å². The summed E-state index contributed by atoms with van der Waals surface area (Å²) in [7, 11) is -3.73. The molecule has 1 aromatic carbocycles. The molecule has 194 valence electrons. The van der Waals surface area contributed by atoms with Crippen LogP contribution in [-0.4, -0.2) is 72.0 Å². The first-order valence-corrected chi connectivity index (χ1v) is 13.3. The maximum absolute atomic E-state index is 13.4. The van der Waals surface area contributed by atoms with Gasteiger partial charge in [-0.25, -0.2) is 0 Å². The van der Waals surface area contributed by atoms with Crippen molar-refractivity contribution in [3.63, 3.8) is 0 Å². The summed E-state index contributed by atoms with van der Waals surface area (Å²) in [6.07, 6.45) is -2.73. The van der Waals surface area contributed by atoms with E-state index in [1.807, 2.05) is 0 Å². The fourth-order valence-electron chi connectivity index (χ4n) is 5.45. The number of halogens is 3. The van der Waals surface area contributed by atoms with Gasteiger partial charge in [-0.2, -0.15) is 35.5 Å². The highest BCUT2D eigenvalue weighted by Gasteiger charge is 2.61. The number of nitrogens with zero attached hydrogens (tertiary/aromatic N) is 4. The van der Waals surface area contributed by atoms with E-state index in [0.717, 1.165) is 12.1 Å². The molecular weight excluding hydrogens is 499 g/mol. The van der Waals surface area contributed by atoms with Crippen LogP contribution in [0.5, 0.6) is 0 Å². The zero-order valence-corrected chi connectivity index (χ0v) is 20.1. The van der Waals surface area contributed by atoms with Crippen LogP contribution in [0.25, 0.3) is 0 Å². The highest BCUT2D eigenvalue weighted by Crippen LogP contribution is 2.51. The molecule has 4 fully saturated rings. The maximum Gasteiger partial charge on any atom is 0.416 e. The Morgan fingerprint density at radius 3 is 2.47 bits per heavy atom. The Kier molecular flexibility index (Phi) is 6.25. The zero-order chi connectivity index (χ0) is 25.8. The van der Waals surface area contributed by atoms with Crippen molar-refractivity contribution in [2.75, 3.05) is 26.2 Å². The summed E-state index contributed by atoms with van der Waals surface area (Å²) in [6, 6.07) is 5.66. The maximum atomic E-state index is 13.4. The number of benzene rings is 1. The van der Waals surface area contributed by atoms with E-state index >= 15 is 0 Å². The molecule has 3 aliphatic heterocycles. The topological polar surface area (TPSA) is 114 Å². The Hall–Kier alpha value is -2.69. The van der Waals surface area contributed by atoms with Crippen molar-refractivity contribution >= 4 is 22.0 Å². The van der Waals surface area contributed by atoms with Crippen LogP contribution in [-0.2, 0) is 32.5 Å². The number of amides is 2. The Labute approximate surface area is 207 Å². The van der Waals surface area contributed by atoms with Gasteiger partial charge in [0.1, 0.15) is 6.04 Å². The highest BCUT2D eigenvalue weighted by molar-refractivity contribution is 7.86. The van der Waals surface area contributed by atoms with E-state index in [1.165, 1.54) is 25.6 Å². The third-order valence-electron chi connectivity index (χ3n) is 7.63. The predicted octanol–water partition coefficient (Wildman–Crippen LogP) is 1.33. The molecule has 0 radical (unpaired) electrons. The molecule has 9 nitrogen and oxygen atoms in total. The molecule has 0 unspecified atom stereocenters. The van der Waals surface area contributed by atoms with Gasteiger partial charge in [0, 0.05) is 38.8 Å². The van der Waals surface area contributed by atoms with Gasteiger partial charge in [0.25, 0.3) is 10.2 Å². The first kappa shape index (κ1) is 25.0. The molecule has 5 rings (SSSR count). The smallest absolute Gasteiger partial charge is 0.350 e. The lowest BCUT2D eigenvalue weighted by Crippen LogP contribution is -2.55. The zero-order valence-electron chi connectivity index (χ0n) is 19.3. The first-order valence-electron chi connectivity index (χ1n) is 11.9. The summed E-state index contributed by atoms with van der Waals surface area (Å²) in [5.74, 6) is -1.50. The average Bonchev–Trinajstić information content (AvgIpc) is 3.25. The van der Waals surface area contributed by atoms with Crippen LogP contribution in [0.4, 0.5) is 13.2 Å². The van der Waals surface area contributed by atoms with Gasteiger partial charge >= 0.3 is 6.18 Å². The molecule has 1 aromatic rings. The molecule has 0 bridgehead atoms. The SMILES string of the molecule is N#CC1CN(S(=O)(=O)N2C[C@@H](C(=O)N3CCC[C@@H]3C(=O)NCc3ccc(C(F)(F)F)cc3)[C@H]3C[C@H]32)C1. The number of nitrogens with one attached hydrogen (secondary N) is 1. The second-order valence-corrected chi connectivity index (χ2v) is 11.8. The quantitative estimate of drug-likeness (QED) is 0.602. The number of fused-ring (bicyclic) bond motifs is 1. The van der Waals surface area contributed by atoms with Crippen molar-refractivity contribution in [2.24, 2.45) is 17.8 Å². The molecule has 1 aliphatic carbocycles. The molecule has 1 N–H and O–H groups in total. The summed E-state index contributed by atoms with van der Waals surface area (Å²) in [4.78, 5) is 27.8. The van der Waals surface area contributed by atoms with Gasteiger partial charge in [0.2, 0.25) is 11.8 Å². The van der Waals surface area contributed by atoms with Crippen LogP contribution < -0.4 is 5.32 Å². The van der Waals surface area contributed by atoms with Gasteiger partial charge in [-0.3, -0.25) is 9.59 Å². The van der Waals surface area contributed by atoms with Gasteiger partial charge in [-0.15, -0.1) is 0 Å². The summed E-state index contributed by atoms with van der Waals surface area (Å²) in [5.41, 5.74) is -0.260. The fourth-order valence-corrected chi connectivity index (χ4v) is 7.41. The average molecular weight is 526 g/mol. The first-order chi connectivity index (χ1) is 17.0. The molecule has 4 aliphatic rings. The highest BCUT2D eigenvalue weighted by atomic mass is 32.2. The molecule has 3 heterocycles. The third kappa shape index (κ3) is 4.46. The predicted molar refractivity (Wildman–Crippen MR) is 120 cm³/mol. The number of piperidine rings is 1. The van der Waals surface area contributed by atoms with Crippen LogP contribution in [0.1, 0.15) is 30.4 Å². The summed E-state index contributed by atoms with van der Waals surface area (Å²) < 4.78 is 66.8. The minimum atomic E-state index is -4.43. The van der Waals surface area contributed by atoms with Crippen LogP contribution in [0.15, 0.2) is 24.3 Å². The van der Waals surface area contributed by atoms with Crippen molar-refractivity contribution in [3.8, 4) is 6.07 Å². The summed E-state index contributed by atoms with van der Waals surface area (Å²) in [5, 5.41) is 11.7. The van der Waals surface area contributed by atoms with Crippen molar-refractivity contribution in [1.29, 1.82) is 5.26 Å². The van der Waals surface area contributed by atoms with E-state index in [9.17, 15) is 31.2 Å². The molecule has 3 saturated heterocycles. The molecule has 0 spiro atoms. The van der Waals surface area contributed by atoms with E-state index < -0.39 is 33.9 Å². The Bertz CT molecular complexity index is 1190. The van der Waals surface area contributed by atoms with Crippen molar-refractivity contribution in [3.05, 3.63) is 35.4 Å². The van der Waals surface area contributed by atoms with Gasteiger partial charge in [0.15, 0.2) is 0 Å². The molecular formula is C23H26F3N5O4S. The minimum Gasteiger partial charge on any atom is -0.350 e. The van der Waals surface area contributed by atoms with E-state index in [2.05, 4.69) is 11.4 Å². The standard InChI is InChI=1S/C23H26F3N5O4S/c24-23(25,26)16-5-3-14(4-6-16)10-28-21(32)19-2-1-7-30(19)22(33)18-13-31(20-8-17(18)20)36(34,35)29-11-15(9-27)12-29/h3-6,15,17-20H,1-2,7-8,10-13H2,(H,28,32)/t17-,18-,19-,20-/m1/s1. The normalized spacial score (nSPS) is 28.9. The lowest BCUT2D eigenvalue weighted by atomic mass is 10.0. The number of carbonyl (C=O) groups excluding carboxylic acids is 2. The summed E-state index contributed by atoms with van der Waals surface area (Å²) >= 11 is 0. The number of rotatable bonds is 6. The number of alkyl halides is 3. The van der Waals surface area contributed by atoms with Gasteiger partial charge in [0.05, 0.1) is 23.5 Å². The molecule has 36 heavy (non-hydrogen) atoms. The molecule has 2 amide bonds. The van der Waals surface area contributed by atoms with Crippen LogP contribution >= 0.6 is 0 Å². The third-order valence-corrected chi connectivity index (χ3v) is 9.59. The van der Waals surface area contributed by atoms with Crippen LogP contribution in [0.2, 0.25) is 0 Å².